The Morgan fingerprint density at radius 2 is 2.20 bits per heavy atom. The molecule has 0 saturated carbocycles. The Morgan fingerprint density at radius 1 is 1.40 bits per heavy atom. The molecule has 0 aromatic heterocycles. The van der Waals surface area contributed by atoms with Gasteiger partial charge in [0.05, 0.1) is 12.9 Å². The Labute approximate surface area is 87.4 Å². The monoisotopic (exact) mass is 206 g/mol. The van der Waals surface area contributed by atoms with Crippen LogP contribution in [0.3, 0.4) is 0 Å². The number of hydrogen-bond donors (Lipinski definition) is 0. The van der Waals surface area contributed by atoms with Crippen molar-refractivity contribution in [1.82, 2.24) is 0 Å². The molecule has 3 heteroatoms. The summed E-state index contributed by atoms with van der Waals surface area (Å²) in [6.45, 7) is 0.554. The average Bonchev–Trinajstić information content (AvgIpc) is 2.74. The minimum atomic E-state index is -0.328. The molecular weight excluding hydrogens is 195 g/mol. The van der Waals surface area contributed by atoms with Gasteiger partial charge in [0, 0.05) is 18.4 Å². The second kappa shape index (κ2) is 4.26. The SMILES string of the molecule is O=C(Cc1ccccc1F)C1=COCC1. The lowest BCUT2D eigenvalue weighted by Gasteiger charge is -2.01. The van der Waals surface area contributed by atoms with Crippen LogP contribution in [0.4, 0.5) is 4.39 Å². The number of hydrogen-bond acceptors (Lipinski definition) is 2. The van der Waals surface area contributed by atoms with Gasteiger partial charge < -0.3 is 4.74 Å². The number of ether oxygens (including phenoxy) is 1. The van der Waals surface area contributed by atoms with Crippen LogP contribution in [0.25, 0.3) is 0 Å². The quantitative estimate of drug-likeness (QED) is 0.758. The van der Waals surface area contributed by atoms with Gasteiger partial charge in [-0.1, -0.05) is 18.2 Å². The van der Waals surface area contributed by atoms with Gasteiger partial charge in [-0.2, -0.15) is 0 Å². The maximum Gasteiger partial charge on any atom is 0.166 e. The number of ketones is 1. The van der Waals surface area contributed by atoms with Crippen molar-refractivity contribution in [3.05, 3.63) is 47.5 Å². The summed E-state index contributed by atoms with van der Waals surface area (Å²) < 4.78 is 18.2. The summed E-state index contributed by atoms with van der Waals surface area (Å²) in [5.41, 5.74) is 1.09. The molecule has 0 bridgehead atoms. The van der Waals surface area contributed by atoms with Crippen LogP contribution in [0.1, 0.15) is 12.0 Å². The molecular formula is C12H11FO2. The van der Waals surface area contributed by atoms with Gasteiger partial charge in [-0.3, -0.25) is 4.79 Å². The first-order chi connectivity index (χ1) is 7.27. The van der Waals surface area contributed by atoms with E-state index < -0.39 is 0 Å². The molecule has 0 unspecified atom stereocenters. The molecule has 2 rings (SSSR count). The third-order valence-electron chi connectivity index (χ3n) is 2.38. The maximum absolute atomic E-state index is 13.2. The van der Waals surface area contributed by atoms with Gasteiger partial charge in [0.2, 0.25) is 0 Å². The molecule has 0 amide bonds. The van der Waals surface area contributed by atoms with Crippen LogP contribution in [0.2, 0.25) is 0 Å². The number of rotatable bonds is 3. The molecule has 0 radical (unpaired) electrons. The minimum Gasteiger partial charge on any atom is -0.500 e. The maximum atomic E-state index is 13.2. The number of carbonyl (C=O) groups excluding carboxylic acids is 1. The van der Waals surface area contributed by atoms with Gasteiger partial charge in [-0.05, 0) is 11.6 Å². The van der Waals surface area contributed by atoms with Crippen molar-refractivity contribution in [1.29, 1.82) is 0 Å². The van der Waals surface area contributed by atoms with E-state index in [0.717, 1.165) is 0 Å². The molecule has 0 fully saturated rings. The van der Waals surface area contributed by atoms with Gasteiger partial charge in [0.1, 0.15) is 5.82 Å². The van der Waals surface area contributed by atoms with Crippen LogP contribution in [0.5, 0.6) is 0 Å². The van der Waals surface area contributed by atoms with Crippen LogP contribution >= 0.6 is 0 Å². The van der Waals surface area contributed by atoms with Crippen molar-refractivity contribution in [3.63, 3.8) is 0 Å². The second-order valence-electron chi connectivity index (χ2n) is 3.46. The fourth-order valence-corrected chi connectivity index (χ4v) is 1.52. The average molecular weight is 206 g/mol. The van der Waals surface area contributed by atoms with E-state index in [1.165, 1.54) is 12.3 Å². The van der Waals surface area contributed by atoms with Crippen molar-refractivity contribution >= 4 is 5.78 Å². The minimum absolute atomic E-state index is 0.0578. The van der Waals surface area contributed by atoms with Crippen molar-refractivity contribution in [2.45, 2.75) is 12.8 Å². The smallest absolute Gasteiger partial charge is 0.166 e. The fraction of sp³-hybridized carbons (Fsp3) is 0.250. The Balaban J connectivity index is 2.09. The number of carbonyl (C=O) groups is 1. The highest BCUT2D eigenvalue weighted by atomic mass is 19.1. The summed E-state index contributed by atoms with van der Waals surface area (Å²) in [5, 5.41) is 0. The molecule has 1 aromatic carbocycles. The third kappa shape index (κ3) is 2.24. The molecule has 1 heterocycles. The van der Waals surface area contributed by atoms with E-state index in [1.54, 1.807) is 18.2 Å². The highest BCUT2D eigenvalue weighted by molar-refractivity contribution is 5.96. The highest BCUT2D eigenvalue weighted by Crippen LogP contribution is 2.15. The highest BCUT2D eigenvalue weighted by Gasteiger charge is 2.16. The van der Waals surface area contributed by atoms with Gasteiger partial charge in [-0.25, -0.2) is 4.39 Å². The Morgan fingerprint density at radius 3 is 2.87 bits per heavy atom. The zero-order valence-corrected chi connectivity index (χ0v) is 8.20. The van der Waals surface area contributed by atoms with Crippen LogP contribution in [-0.2, 0) is 16.0 Å². The predicted molar refractivity (Wildman–Crippen MR) is 53.8 cm³/mol. The lowest BCUT2D eigenvalue weighted by atomic mass is 10.0. The largest absolute Gasteiger partial charge is 0.500 e. The normalized spacial score (nSPS) is 14.6. The van der Waals surface area contributed by atoms with Crippen molar-refractivity contribution < 1.29 is 13.9 Å². The molecule has 78 valence electrons. The molecule has 0 N–H and O–H groups in total. The Bertz CT molecular complexity index is 410. The molecule has 0 saturated heterocycles. The number of halogens is 1. The molecule has 2 nitrogen and oxygen atoms in total. The predicted octanol–water partition coefficient (Wildman–Crippen LogP) is 2.24. The summed E-state index contributed by atoms with van der Waals surface area (Å²) in [6, 6.07) is 6.33. The molecule has 0 spiro atoms. The topological polar surface area (TPSA) is 26.3 Å². The van der Waals surface area contributed by atoms with E-state index in [4.69, 9.17) is 4.74 Å². The summed E-state index contributed by atoms with van der Waals surface area (Å²) >= 11 is 0. The lowest BCUT2D eigenvalue weighted by Crippen LogP contribution is -2.06. The Hall–Kier alpha value is -1.64. The second-order valence-corrected chi connectivity index (χ2v) is 3.46. The van der Waals surface area contributed by atoms with Gasteiger partial charge in [-0.15, -0.1) is 0 Å². The van der Waals surface area contributed by atoms with Crippen LogP contribution in [-0.4, -0.2) is 12.4 Å². The van der Waals surface area contributed by atoms with Crippen LogP contribution in [0, 0.1) is 5.82 Å². The number of benzene rings is 1. The Kier molecular flexibility index (Phi) is 2.81. The van der Waals surface area contributed by atoms with Gasteiger partial charge in [0.15, 0.2) is 5.78 Å². The molecule has 0 aliphatic carbocycles. The molecule has 1 aliphatic rings. The van der Waals surface area contributed by atoms with E-state index in [-0.39, 0.29) is 18.0 Å². The summed E-state index contributed by atoms with van der Waals surface area (Å²) in [5.74, 6) is -0.386. The van der Waals surface area contributed by atoms with E-state index in [1.807, 2.05) is 0 Å². The molecule has 15 heavy (non-hydrogen) atoms. The van der Waals surface area contributed by atoms with Crippen molar-refractivity contribution in [3.8, 4) is 0 Å². The zero-order valence-electron chi connectivity index (χ0n) is 8.20. The molecule has 0 atom stereocenters. The summed E-state index contributed by atoms with van der Waals surface area (Å²) in [7, 11) is 0. The number of Topliss-reactive ketones (excluding diaryl/α,β-unsaturated/α-hetero) is 1. The van der Waals surface area contributed by atoms with Crippen LogP contribution in [0.15, 0.2) is 36.1 Å². The van der Waals surface area contributed by atoms with E-state index in [2.05, 4.69) is 0 Å². The first kappa shape index (κ1) is 9.90. The third-order valence-corrected chi connectivity index (χ3v) is 2.38. The van der Waals surface area contributed by atoms with E-state index in [9.17, 15) is 9.18 Å². The summed E-state index contributed by atoms with van der Waals surface area (Å²) in [6.07, 6.45) is 2.22. The van der Waals surface area contributed by atoms with Crippen LogP contribution < -0.4 is 0 Å². The standard InChI is InChI=1S/C12H11FO2/c13-11-4-2-1-3-9(11)7-12(14)10-5-6-15-8-10/h1-4,8H,5-7H2. The van der Waals surface area contributed by atoms with E-state index in [0.29, 0.717) is 24.2 Å². The lowest BCUT2D eigenvalue weighted by molar-refractivity contribution is -0.115. The van der Waals surface area contributed by atoms with Crippen molar-refractivity contribution in [2.24, 2.45) is 0 Å². The first-order valence-corrected chi connectivity index (χ1v) is 4.84. The fourth-order valence-electron chi connectivity index (χ4n) is 1.52. The zero-order chi connectivity index (χ0) is 10.7. The molecule has 1 aliphatic heterocycles. The molecule has 1 aromatic rings. The van der Waals surface area contributed by atoms with E-state index >= 15 is 0 Å². The first-order valence-electron chi connectivity index (χ1n) is 4.84. The van der Waals surface area contributed by atoms with Gasteiger partial charge >= 0.3 is 0 Å². The summed E-state index contributed by atoms with van der Waals surface area (Å²) in [4.78, 5) is 11.7. The van der Waals surface area contributed by atoms with Crippen molar-refractivity contribution in [2.75, 3.05) is 6.61 Å². The van der Waals surface area contributed by atoms with Gasteiger partial charge in [0.25, 0.3) is 0 Å².